The molecule has 3 N–H and O–H groups in total. The SMILES string of the molecule is CCCN(c1cc(/C=C\C2CC2C)cc(C(=O)N[C@@H](Cc2ccccc2)[C@@H](N)CF)c1)S(C)(=O)=O. The zero-order valence-corrected chi connectivity index (χ0v) is 21.5. The van der Waals surface area contributed by atoms with Crippen LogP contribution in [0.1, 0.15) is 48.2 Å². The van der Waals surface area contributed by atoms with Gasteiger partial charge >= 0.3 is 0 Å². The minimum atomic E-state index is -3.54. The predicted octanol–water partition coefficient (Wildman–Crippen LogP) is 4.17. The van der Waals surface area contributed by atoms with Crippen molar-refractivity contribution in [2.45, 2.75) is 45.2 Å². The minimum Gasteiger partial charge on any atom is -0.347 e. The minimum absolute atomic E-state index is 0.302. The Morgan fingerprint density at radius 3 is 2.51 bits per heavy atom. The van der Waals surface area contributed by atoms with Gasteiger partial charge in [-0.2, -0.15) is 0 Å². The molecule has 0 spiro atoms. The fourth-order valence-electron chi connectivity index (χ4n) is 4.09. The molecule has 0 bridgehead atoms. The molecule has 1 amide bonds. The number of nitrogens with one attached hydrogen (secondary N) is 1. The molecule has 1 aliphatic carbocycles. The predicted molar refractivity (Wildman–Crippen MR) is 141 cm³/mol. The lowest BCUT2D eigenvalue weighted by Gasteiger charge is -2.25. The molecule has 0 radical (unpaired) electrons. The Morgan fingerprint density at radius 1 is 1.26 bits per heavy atom. The largest absolute Gasteiger partial charge is 0.347 e. The molecule has 1 aliphatic rings. The van der Waals surface area contributed by atoms with E-state index in [1.54, 1.807) is 18.2 Å². The van der Waals surface area contributed by atoms with Crippen LogP contribution < -0.4 is 15.4 Å². The molecule has 3 rings (SSSR count). The van der Waals surface area contributed by atoms with E-state index in [9.17, 15) is 17.6 Å². The van der Waals surface area contributed by atoms with Crippen LogP contribution in [-0.2, 0) is 16.4 Å². The molecule has 190 valence electrons. The molecular weight excluding hydrogens is 465 g/mol. The molecule has 4 atom stereocenters. The molecule has 2 aromatic rings. The van der Waals surface area contributed by atoms with Gasteiger partial charge in [0.15, 0.2) is 0 Å². The number of sulfonamides is 1. The number of nitrogens with two attached hydrogens (primary N) is 1. The van der Waals surface area contributed by atoms with Crippen molar-refractivity contribution in [1.82, 2.24) is 5.32 Å². The van der Waals surface area contributed by atoms with Crippen LogP contribution in [0, 0.1) is 11.8 Å². The van der Waals surface area contributed by atoms with Gasteiger partial charge in [0.25, 0.3) is 5.91 Å². The fraction of sp³-hybridized carbons (Fsp3) is 0.444. The lowest BCUT2D eigenvalue weighted by Crippen LogP contribution is -2.50. The van der Waals surface area contributed by atoms with E-state index in [0.29, 0.717) is 42.5 Å². The van der Waals surface area contributed by atoms with Crippen molar-refractivity contribution < 1.29 is 17.6 Å². The number of nitrogens with zero attached hydrogens (tertiary/aromatic N) is 1. The Labute approximate surface area is 208 Å². The summed E-state index contributed by atoms with van der Waals surface area (Å²) in [6.07, 6.45) is 7.33. The Kier molecular flexibility index (Phi) is 9.08. The van der Waals surface area contributed by atoms with Crippen molar-refractivity contribution >= 4 is 27.7 Å². The van der Waals surface area contributed by atoms with E-state index in [2.05, 4.69) is 18.3 Å². The highest BCUT2D eigenvalue weighted by molar-refractivity contribution is 7.92. The van der Waals surface area contributed by atoms with Crippen molar-refractivity contribution in [2.24, 2.45) is 17.6 Å². The van der Waals surface area contributed by atoms with Gasteiger partial charge in [-0.3, -0.25) is 9.10 Å². The van der Waals surface area contributed by atoms with Crippen LogP contribution in [0.5, 0.6) is 0 Å². The molecule has 0 aromatic heterocycles. The summed E-state index contributed by atoms with van der Waals surface area (Å²) in [6, 6.07) is 13.1. The number of hydrogen-bond donors (Lipinski definition) is 2. The second-order valence-corrected chi connectivity index (χ2v) is 11.4. The highest BCUT2D eigenvalue weighted by atomic mass is 32.2. The van der Waals surface area contributed by atoms with Gasteiger partial charge in [0.1, 0.15) is 6.67 Å². The summed E-state index contributed by atoms with van der Waals surface area (Å²) in [5, 5.41) is 2.88. The van der Waals surface area contributed by atoms with Crippen molar-refractivity contribution in [1.29, 1.82) is 0 Å². The average Bonchev–Trinajstić information content (AvgIpc) is 3.54. The van der Waals surface area contributed by atoms with Gasteiger partial charge in [0.2, 0.25) is 10.0 Å². The van der Waals surface area contributed by atoms with E-state index in [4.69, 9.17) is 5.73 Å². The van der Waals surface area contributed by atoms with Crippen molar-refractivity contribution in [3.63, 3.8) is 0 Å². The number of benzene rings is 2. The van der Waals surface area contributed by atoms with Gasteiger partial charge in [0, 0.05) is 12.1 Å². The topological polar surface area (TPSA) is 92.5 Å². The van der Waals surface area contributed by atoms with Gasteiger partial charge in [-0.05, 0) is 60.4 Å². The number of allylic oxidation sites excluding steroid dienone is 1. The summed E-state index contributed by atoms with van der Waals surface area (Å²) in [7, 11) is -3.54. The number of carbonyl (C=O) groups is 1. The number of alkyl halides is 1. The fourth-order valence-corrected chi connectivity index (χ4v) is 5.09. The van der Waals surface area contributed by atoms with E-state index in [1.165, 1.54) is 4.31 Å². The van der Waals surface area contributed by atoms with E-state index < -0.39 is 34.7 Å². The van der Waals surface area contributed by atoms with Crippen LogP contribution in [0.2, 0.25) is 0 Å². The van der Waals surface area contributed by atoms with Crippen LogP contribution in [0.4, 0.5) is 10.1 Å². The van der Waals surface area contributed by atoms with Crippen molar-refractivity contribution in [2.75, 3.05) is 23.8 Å². The standard InChI is InChI=1S/C27H36FN3O3S/c1-4-12-31(35(3,33)34)24-15-21(10-11-22-13-19(22)2)14-23(17-24)27(32)30-26(25(29)18-28)16-20-8-6-5-7-9-20/h5-11,14-15,17,19,22,25-26H,4,12-13,16,18,29H2,1-3H3,(H,30,32)/b11-10-/t19?,22?,25-,26-/m0/s1. The molecule has 35 heavy (non-hydrogen) atoms. The van der Waals surface area contributed by atoms with Crippen LogP contribution in [0.25, 0.3) is 6.08 Å². The average molecular weight is 502 g/mol. The third kappa shape index (κ3) is 7.64. The molecular formula is C27H36FN3O3S. The first-order valence-corrected chi connectivity index (χ1v) is 13.9. The maximum absolute atomic E-state index is 13.5. The number of anilines is 1. The van der Waals surface area contributed by atoms with Crippen molar-refractivity contribution in [3.05, 3.63) is 71.3 Å². The molecule has 1 fully saturated rings. The summed E-state index contributed by atoms with van der Waals surface area (Å²) in [5.41, 5.74) is 8.42. The maximum Gasteiger partial charge on any atom is 0.251 e. The number of hydrogen-bond acceptors (Lipinski definition) is 4. The Bertz CT molecular complexity index is 1140. The van der Waals surface area contributed by atoms with Gasteiger partial charge in [-0.25, -0.2) is 12.8 Å². The van der Waals surface area contributed by atoms with Crippen molar-refractivity contribution in [3.8, 4) is 0 Å². The molecule has 0 heterocycles. The molecule has 6 nitrogen and oxygen atoms in total. The summed E-state index contributed by atoms with van der Waals surface area (Å²) in [4.78, 5) is 13.3. The number of rotatable bonds is 12. The third-order valence-electron chi connectivity index (χ3n) is 6.33. The zero-order chi connectivity index (χ0) is 25.6. The molecule has 2 unspecified atom stereocenters. The van der Waals surface area contributed by atoms with Crippen LogP contribution in [0.3, 0.4) is 0 Å². The number of amides is 1. The second kappa shape index (κ2) is 11.8. The van der Waals surface area contributed by atoms with Crippen LogP contribution >= 0.6 is 0 Å². The van der Waals surface area contributed by atoms with Gasteiger partial charge in [-0.1, -0.05) is 56.3 Å². The van der Waals surface area contributed by atoms with E-state index in [1.807, 2.05) is 43.3 Å². The first kappa shape index (κ1) is 26.9. The van der Waals surface area contributed by atoms with E-state index >= 15 is 0 Å². The highest BCUT2D eigenvalue weighted by Gasteiger charge is 2.29. The number of halogens is 1. The van der Waals surface area contributed by atoms with Crippen LogP contribution in [-0.4, -0.2) is 45.9 Å². The normalized spacial score (nSPS) is 19.3. The summed E-state index contributed by atoms with van der Waals surface area (Å²) >= 11 is 0. The zero-order valence-electron chi connectivity index (χ0n) is 20.7. The van der Waals surface area contributed by atoms with E-state index in [-0.39, 0.29) is 0 Å². The second-order valence-electron chi connectivity index (χ2n) is 9.47. The molecule has 2 aromatic carbocycles. The quantitative estimate of drug-likeness (QED) is 0.457. The van der Waals surface area contributed by atoms with Gasteiger partial charge < -0.3 is 11.1 Å². The summed E-state index contributed by atoms with van der Waals surface area (Å²) in [6.45, 7) is 3.61. The monoisotopic (exact) mass is 501 g/mol. The van der Waals surface area contributed by atoms with Gasteiger partial charge in [-0.15, -0.1) is 0 Å². The van der Waals surface area contributed by atoms with Crippen LogP contribution in [0.15, 0.2) is 54.6 Å². The molecule has 1 saturated carbocycles. The lowest BCUT2D eigenvalue weighted by molar-refractivity contribution is 0.0928. The smallest absolute Gasteiger partial charge is 0.251 e. The highest BCUT2D eigenvalue weighted by Crippen LogP contribution is 2.39. The summed E-state index contributed by atoms with van der Waals surface area (Å²) < 4.78 is 39.8. The first-order chi connectivity index (χ1) is 16.6. The third-order valence-corrected chi connectivity index (χ3v) is 7.53. The molecule has 8 heteroatoms. The maximum atomic E-state index is 13.5. The summed E-state index contributed by atoms with van der Waals surface area (Å²) in [5.74, 6) is 0.706. The van der Waals surface area contributed by atoms with E-state index in [0.717, 1.165) is 23.8 Å². The Morgan fingerprint density at radius 2 is 1.94 bits per heavy atom. The number of carbonyl (C=O) groups excluding carboxylic acids is 1. The Hall–Kier alpha value is -2.71. The first-order valence-electron chi connectivity index (χ1n) is 12.1. The molecule has 0 saturated heterocycles. The van der Waals surface area contributed by atoms with Gasteiger partial charge in [0.05, 0.1) is 24.0 Å². The molecule has 0 aliphatic heterocycles. The Balaban J connectivity index is 1.93. The lowest BCUT2D eigenvalue weighted by atomic mass is 9.99.